The van der Waals surface area contributed by atoms with Crippen LogP contribution in [0.3, 0.4) is 0 Å². The molecule has 1 N–H and O–H groups in total. The van der Waals surface area contributed by atoms with Gasteiger partial charge in [0.25, 0.3) is 0 Å². The Labute approximate surface area is 109 Å². The van der Waals surface area contributed by atoms with Crippen molar-refractivity contribution in [1.82, 2.24) is 10.3 Å². The predicted octanol–water partition coefficient (Wildman–Crippen LogP) is 3.85. The Morgan fingerprint density at radius 3 is 3.06 bits per heavy atom. The van der Waals surface area contributed by atoms with E-state index in [0.29, 0.717) is 6.04 Å². The van der Waals surface area contributed by atoms with E-state index in [4.69, 9.17) is 0 Å². The highest BCUT2D eigenvalue weighted by Gasteiger charge is 2.09. The third-order valence-electron chi connectivity index (χ3n) is 3.08. The third-order valence-corrected chi connectivity index (χ3v) is 3.08. The number of nitrogens with zero attached hydrogens (tertiary/aromatic N) is 1. The zero-order valence-electron chi connectivity index (χ0n) is 10.9. The van der Waals surface area contributed by atoms with Gasteiger partial charge in [0.2, 0.25) is 0 Å². The number of rotatable bonds is 6. The predicted molar refractivity (Wildman–Crippen MR) is 77.6 cm³/mol. The van der Waals surface area contributed by atoms with Gasteiger partial charge in [-0.2, -0.15) is 0 Å². The highest BCUT2D eigenvalue weighted by Crippen LogP contribution is 2.21. The molecule has 0 bridgehead atoms. The van der Waals surface area contributed by atoms with Crippen molar-refractivity contribution >= 4 is 10.9 Å². The molecule has 0 spiro atoms. The summed E-state index contributed by atoms with van der Waals surface area (Å²) in [6.07, 6.45) is 5.89. The SMILES string of the molecule is C=CCC(NCCC)c1ccc2cccnc2c1. The molecule has 1 unspecified atom stereocenters. The summed E-state index contributed by atoms with van der Waals surface area (Å²) in [4.78, 5) is 4.41. The second kappa shape index (κ2) is 6.31. The van der Waals surface area contributed by atoms with E-state index in [-0.39, 0.29) is 0 Å². The van der Waals surface area contributed by atoms with Gasteiger partial charge in [-0.05, 0) is 37.1 Å². The van der Waals surface area contributed by atoms with Crippen LogP contribution in [-0.4, -0.2) is 11.5 Å². The molecule has 1 aromatic heterocycles. The molecule has 0 saturated carbocycles. The second-order valence-corrected chi connectivity index (χ2v) is 4.49. The number of hydrogen-bond acceptors (Lipinski definition) is 2. The minimum atomic E-state index is 0.342. The van der Waals surface area contributed by atoms with E-state index < -0.39 is 0 Å². The molecule has 2 aromatic rings. The van der Waals surface area contributed by atoms with Gasteiger partial charge in [-0.15, -0.1) is 6.58 Å². The average molecular weight is 240 g/mol. The summed E-state index contributed by atoms with van der Waals surface area (Å²) in [6.45, 7) is 7.05. The Bertz CT molecular complexity index is 519. The van der Waals surface area contributed by atoms with Crippen LogP contribution in [0, 0.1) is 0 Å². The summed E-state index contributed by atoms with van der Waals surface area (Å²) in [5.74, 6) is 0. The molecule has 2 rings (SSSR count). The third kappa shape index (κ3) is 2.96. The largest absolute Gasteiger partial charge is 0.310 e. The van der Waals surface area contributed by atoms with Gasteiger partial charge in [0, 0.05) is 17.6 Å². The van der Waals surface area contributed by atoms with E-state index in [9.17, 15) is 0 Å². The molecule has 1 heterocycles. The first kappa shape index (κ1) is 12.8. The van der Waals surface area contributed by atoms with Crippen molar-refractivity contribution in [2.75, 3.05) is 6.54 Å². The van der Waals surface area contributed by atoms with Gasteiger partial charge >= 0.3 is 0 Å². The molecule has 2 heteroatoms. The van der Waals surface area contributed by atoms with Gasteiger partial charge in [0.1, 0.15) is 0 Å². The monoisotopic (exact) mass is 240 g/mol. The smallest absolute Gasteiger partial charge is 0.0705 e. The van der Waals surface area contributed by atoms with E-state index in [0.717, 1.165) is 24.9 Å². The highest BCUT2D eigenvalue weighted by atomic mass is 14.9. The molecule has 94 valence electrons. The van der Waals surface area contributed by atoms with Crippen LogP contribution in [0.2, 0.25) is 0 Å². The maximum Gasteiger partial charge on any atom is 0.0705 e. The van der Waals surface area contributed by atoms with Crippen LogP contribution in [0.1, 0.15) is 31.4 Å². The molecule has 0 aliphatic heterocycles. The van der Waals surface area contributed by atoms with Gasteiger partial charge < -0.3 is 5.32 Å². The van der Waals surface area contributed by atoms with Crippen molar-refractivity contribution in [2.45, 2.75) is 25.8 Å². The van der Waals surface area contributed by atoms with Crippen LogP contribution in [0.5, 0.6) is 0 Å². The van der Waals surface area contributed by atoms with Gasteiger partial charge in [-0.3, -0.25) is 4.98 Å². The average Bonchev–Trinajstić information content (AvgIpc) is 2.43. The number of aromatic nitrogens is 1. The summed E-state index contributed by atoms with van der Waals surface area (Å²) in [5, 5.41) is 4.74. The van der Waals surface area contributed by atoms with Crippen LogP contribution in [0.15, 0.2) is 49.2 Å². The molecule has 0 aliphatic carbocycles. The molecule has 0 fully saturated rings. The lowest BCUT2D eigenvalue weighted by Crippen LogP contribution is -2.21. The minimum absolute atomic E-state index is 0.342. The summed E-state index contributed by atoms with van der Waals surface area (Å²) < 4.78 is 0. The highest BCUT2D eigenvalue weighted by molar-refractivity contribution is 5.78. The van der Waals surface area contributed by atoms with E-state index in [1.807, 2.05) is 18.3 Å². The fourth-order valence-electron chi connectivity index (χ4n) is 2.12. The molecular formula is C16H20N2. The number of fused-ring (bicyclic) bond motifs is 1. The first-order valence-corrected chi connectivity index (χ1v) is 6.54. The Kier molecular flexibility index (Phi) is 4.48. The standard InChI is InChI=1S/C16H20N2/c1-3-6-15(17-10-4-2)14-9-8-13-7-5-11-18-16(13)12-14/h3,5,7-9,11-12,15,17H,1,4,6,10H2,2H3. The van der Waals surface area contributed by atoms with Crippen LogP contribution >= 0.6 is 0 Å². The van der Waals surface area contributed by atoms with Crippen molar-refractivity contribution < 1.29 is 0 Å². The quantitative estimate of drug-likeness (QED) is 0.776. The number of nitrogens with one attached hydrogen (secondary N) is 1. The summed E-state index contributed by atoms with van der Waals surface area (Å²) in [5.41, 5.74) is 2.34. The van der Waals surface area contributed by atoms with E-state index >= 15 is 0 Å². The van der Waals surface area contributed by atoms with Crippen LogP contribution in [0.4, 0.5) is 0 Å². The van der Waals surface area contributed by atoms with Crippen molar-refractivity contribution in [3.63, 3.8) is 0 Å². The first-order valence-electron chi connectivity index (χ1n) is 6.54. The minimum Gasteiger partial charge on any atom is -0.310 e. The van der Waals surface area contributed by atoms with Gasteiger partial charge in [-0.1, -0.05) is 31.2 Å². The van der Waals surface area contributed by atoms with Crippen molar-refractivity contribution in [3.8, 4) is 0 Å². The van der Waals surface area contributed by atoms with Crippen LogP contribution in [0.25, 0.3) is 10.9 Å². The van der Waals surface area contributed by atoms with E-state index in [1.165, 1.54) is 10.9 Å². The maximum atomic E-state index is 4.41. The molecule has 0 radical (unpaired) electrons. The number of hydrogen-bond donors (Lipinski definition) is 1. The fraction of sp³-hybridized carbons (Fsp3) is 0.312. The molecule has 0 aliphatic rings. The summed E-state index contributed by atoms with van der Waals surface area (Å²) in [7, 11) is 0. The Morgan fingerprint density at radius 2 is 2.28 bits per heavy atom. The normalized spacial score (nSPS) is 12.5. The second-order valence-electron chi connectivity index (χ2n) is 4.49. The Hall–Kier alpha value is -1.67. The molecular weight excluding hydrogens is 220 g/mol. The number of benzene rings is 1. The lowest BCUT2D eigenvalue weighted by molar-refractivity contribution is 0.537. The fourth-order valence-corrected chi connectivity index (χ4v) is 2.12. The maximum absolute atomic E-state index is 4.41. The van der Waals surface area contributed by atoms with E-state index in [2.05, 4.69) is 48.1 Å². The molecule has 0 saturated heterocycles. The lowest BCUT2D eigenvalue weighted by Gasteiger charge is -2.17. The molecule has 1 aromatic carbocycles. The summed E-state index contributed by atoms with van der Waals surface area (Å²) in [6, 6.07) is 10.9. The zero-order chi connectivity index (χ0) is 12.8. The molecule has 18 heavy (non-hydrogen) atoms. The molecule has 0 amide bonds. The zero-order valence-corrected chi connectivity index (χ0v) is 10.9. The van der Waals surface area contributed by atoms with Gasteiger partial charge in [0.15, 0.2) is 0 Å². The Morgan fingerprint density at radius 1 is 1.39 bits per heavy atom. The van der Waals surface area contributed by atoms with E-state index in [1.54, 1.807) is 0 Å². The Balaban J connectivity index is 2.28. The summed E-state index contributed by atoms with van der Waals surface area (Å²) >= 11 is 0. The van der Waals surface area contributed by atoms with Crippen molar-refractivity contribution in [1.29, 1.82) is 0 Å². The van der Waals surface area contributed by atoms with Crippen LogP contribution < -0.4 is 5.32 Å². The topological polar surface area (TPSA) is 24.9 Å². The van der Waals surface area contributed by atoms with Crippen LogP contribution in [-0.2, 0) is 0 Å². The van der Waals surface area contributed by atoms with Gasteiger partial charge in [0.05, 0.1) is 5.52 Å². The molecule has 1 atom stereocenters. The van der Waals surface area contributed by atoms with Crippen molar-refractivity contribution in [2.24, 2.45) is 0 Å². The molecule has 2 nitrogen and oxygen atoms in total. The first-order chi connectivity index (χ1) is 8.85. The number of pyridine rings is 1. The van der Waals surface area contributed by atoms with Crippen molar-refractivity contribution in [3.05, 3.63) is 54.7 Å². The van der Waals surface area contributed by atoms with Gasteiger partial charge in [-0.25, -0.2) is 0 Å². The lowest BCUT2D eigenvalue weighted by atomic mass is 10.0.